The van der Waals surface area contributed by atoms with Gasteiger partial charge in [-0.3, -0.25) is 4.79 Å². The third-order valence-corrected chi connectivity index (χ3v) is 2.76. The van der Waals surface area contributed by atoms with E-state index in [0.29, 0.717) is 22.8 Å². The number of nitrogens with zero attached hydrogens (tertiary/aromatic N) is 2. The molecule has 1 aromatic rings. The molecule has 2 rings (SSSR count). The molecule has 0 spiro atoms. The Bertz CT molecular complexity index is 359. The van der Waals surface area contributed by atoms with Gasteiger partial charge in [-0.05, 0) is 18.8 Å². The Morgan fingerprint density at radius 2 is 2.20 bits per heavy atom. The second-order valence-electron chi connectivity index (χ2n) is 3.97. The van der Waals surface area contributed by atoms with E-state index < -0.39 is 0 Å². The van der Waals surface area contributed by atoms with E-state index in [1.165, 1.54) is 12.4 Å². The Morgan fingerprint density at radius 1 is 1.47 bits per heavy atom. The molecule has 0 aromatic carbocycles. The van der Waals surface area contributed by atoms with E-state index in [1.54, 1.807) is 0 Å². The van der Waals surface area contributed by atoms with E-state index in [4.69, 9.17) is 11.6 Å². The molecule has 0 radical (unpaired) electrons. The monoisotopic (exact) mass is 225 g/mol. The number of hydrogen-bond donors (Lipinski definition) is 1. The van der Waals surface area contributed by atoms with Crippen LogP contribution >= 0.6 is 11.6 Å². The van der Waals surface area contributed by atoms with Gasteiger partial charge in [0.05, 0.1) is 12.4 Å². The van der Waals surface area contributed by atoms with Crippen molar-refractivity contribution in [2.45, 2.75) is 25.8 Å². The molecule has 0 bridgehead atoms. The summed E-state index contributed by atoms with van der Waals surface area (Å²) in [7, 11) is 0. The van der Waals surface area contributed by atoms with Crippen molar-refractivity contribution in [1.29, 1.82) is 0 Å². The molecule has 1 fully saturated rings. The van der Waals surface area contributed by atoms with E-state index in [-0.39, 0.29) is 5.91 Å². The molecule has 1 aliphatic carbocycles. The van der Waals surface area contributed by atoms with Gasteiger partial charge in [0.1, 0.15) is 10.8 Å². The van der Waals surface area contributed by atoms with Gasteiger partial charge in [0.2, 0.25) is 0 Å². The zero-order valence-electron chi connectivity index (χ0n) is 8.40. The predicted molar refractivity (Wildman–Crippen MR) is 56.7 cm³/mol. The minimum atomic E-state index is -0.170. The normalized spacial score (nSPS) is 24.4. The van der Waals surface area contributed by atoms with Crippen LogP contribution in [0.2, 0.25) is 5.15 Å². The lowest BCUT2D eigenvalue weighted by Crippen LogP contribution is -2.43. The van der Waals surface area contributed by atoms with Gasteiger partial charge in [-0.15, -0.1) is 0 Å². The molecule has 0 atom stereocenters. The molecule has 15 heavy (non-hydrogen) atoms. The average Bonchev–Trinajstić information content (AvgIpc) is 2.16. The molecule has 80 valence electrons. The van der Waals surface area contributed by atoms with Gasteiger partial charge in [0, 0.05) is 6.04 Å². The molecule has 0 unspecified atom stereocenters. The van der Waals surface area contributed by atoms with E-state index in [2.05, 4.69) is 22.2 Å². The first kappa shape index (κ1) is 10.4. The number of amides is 1. The van der Waals surface area contributed by atoms with E-state index in [0.717, 1.165) is 12.8 Å². The molecule has 0 saturated heterocycles. The summed E-state index contributed by atoms with van der Waals surface area (Å²) in [6.45, 7) is 2.17. The molecule has 4 nitrogen and oxygen atoms in total. The summed E-state index contributed by atoms with van der Waals surface area (Å²) < 4.78 is 0. The van der Waals surface area contributed by atoms with Crippen molar-refractivity contribution in [2.75, 3.05) is 0 Å². The maximum Gasteiger partial charge on any atom is 0.271 e. The summed E-state index contributed by atoms with van der Waals surface area (Å²) in [6.07, 6.45) is 4.86. The lowest BCUT2D eigenvalue weighted by Gasteiger charge is -2.33. The lowest BCUT2D eigenvalue weighted by atomic mass is 9.82. The van der Waals surface area contributed by atoms with Crippen molar-refractivity contribution in [1.82, 2.24) is 15.3 Å². The van der Waals surface area contributed by atoms with Crippen LogP contribution in [0.25, 0.3) is 0 Å². The van der Waals surface area contributed by atoms with Gasteiger partial charge in [0.25, 0.3) is 5.91 Å². The molecule has 5 heteroatoms. The molecule has 1 aromatic heterocycles. The number of carbonyl (C=O) groups is 1. The third-order valence-electron chi connectivity index (χ3n) is 2.56. The topological polar surface area (TPSA) is 54.9 Å². The summed E-state index contributed by atoms with van der Waals surface area (Å²) in [5.74, 6) is 0.544. The highest BCUT2D eigenvalue weighted by atomic mass is 35.5. The zero-order chi connectivity index (χ0) is 10.8. The van der Waals surface area contributed by atoms with E-state index in [1.807, 2.05) is 0 Å². The first-order chi connectivity index (χ1) is 7.15. The summed E-state index contributed by atoms with van der Waals surface area (Å²) in [6, 6.07) is 0.296. The minimum absolute atomic E-state index is 0.170. The SMILES string of the molecule is CC1CC(NC(=O)c2cnc(Cl)cn2)C1. The maximum absolute atomic E-state index is 11.6. The van der Waals surface area contributed by atoms with Crippen molar-refractivity contribution in [3.05, 3.63) is 23.2 Å². The second-order valence-corrected chi connectivity index (χ2v) is 4.36. The van der Waals surface area contributed by atoms with E-state index in [9.17, 15) is 4.79 Å². The molecule has 1 N–H and O–H groups in total. The van der Waals surface area contributed by atoms with Crippen LogP contribution < -0.4 is 5.32 Å². The molecule has 1 heterocycles. The van der Waals surface area contributed by atoms with Gasteiger partial charge in [-0.25, -0.2) is 9.97 Å². The summed E-state index contributed by atoms with van der Waals surface area (Å²) >= 11 is 5.57. The van der Waals surface area contributed by atoms with Gasteiger partial charge < -0.3 is 5.32 Å². The highest BCUT2D eigenvalue weighted by Crippen LogP contribution is 2.26. The van der Waals surface area contributed by atoms with Gasteiger partial charge in [0.15, 0.2) is 0 Å². The van der Waals surface area contributed by atoms with Crippen molar-refractivity contribution in [3.8, 4) is 0 Å². The van der Waals surface area contributed by atoms with Gasteiger partial charge in [-0.1, -0.05) is 18.5 Å². The summed E-state index contributed by atoms with van der Waals surface area (Å²) in [4.78, 5) is 19.3. The Kier molecular flexibility index (Phi) is 2.86. The van der Waals surface area contributed by atoms with Crippen molar-refractivity contribution in [3.63, 3.8) is 0 Å². The quantitative estimate of drug-likeness (QED) is 0.833. The van der Waals surface area contributed by atoms with Crippen LogP contribution in [0.4, 0.5) is 0 Å². The number of carbonyl (C=O) groups excluding carboxylic acids is 1. The highest BCUT2D eigenvalue weighted by Gasteiger charge is 2.27. The molecule has 1 saturated carbocycles. The van der Waals surface area contributed by atoms with Crippen LogP contribution in [0.5, 0.6) is 0 Å². The number of hydrogen-bond acceptors (Lipinski definition) is 3. The van der Waals surface area contributed by atoms with E-state index >= 15 is 0 Å². The second kappa shape index (κ2) is 4.14. The standard InChI is InChI=1S/C10H12ClN3O/c1-6-2-7(3-6)14-10(15)8-4-13-9(11)5-12-8/h4-7H,2-3H2,1H3,(H,14,15). The Morgan fingerprint density at radius 3 is 2.73 bits per heavy atom. The Hall–Kier alpha value is -1.16. The minimum Gasteiger partial charge on any atom is -0.348 e. The van der Waals surface area contributed by atoms with Crippen LogP contribution in [0, 0.1) is 5.92 Å². The maximum atomic E-state index is 11.6. The summed E-state index contributed by atoms with van der Waals surface area (Å²) in [5.41, 5.74) is 0.318. The molecule has 0 aliphatic heterocycles. The Balaban J connectivity index is 1.93. The summed E-state index contributed by atoms with van der Waals surface area (Å²) in [5, 5.41) is 3.19. The third kappa shape index (κ3) is 2.45. The van der Waals surface area contributed by atoms with Crippen LogP contribution in [-0.2, 0) is 0 Å². The predicted octanol–water partition coefficient (Wildman–Crippen LogP) is 1.66. The Labute approximate surface area is 93.1 Å². The fourth-order valence-corrected chi connectivity index (χ4v) is 1.81. The largest absolute Gasteiger partial charge is 0.348 e. The van der Waals surface area contributed by atoms with Crippen molar-refractivity contribution in [2.24, 2.45) is 5.92 Å². The zero-order valence-corrected chi connectivity index (χ0v) is 9.16. The molecular formula is C10H12ClN3O. The number of nitrogens with one attached hydrogen (secondary N) is 1. The fourth-order valence-electron chi connectivity index (χ4n) is 1.71. The van der Waals surface area contributed by atoms with Gasteiger partial charge in [-0.2, -0.15) is 0 Å². The number of aromatic nitrogens is 2. The van der Waals surface area contributed by atoms with Gasteiger partial charge >= 0.3 is 0 Å². The lowest BCUT2D eigenvalue weighted by molar-refractivity contribution is 0.0890. The highest BCUT2D eigenvalue weighted by molar-refractivity contribution is 6.29. The number of rotatable bonds is 2. The average molecular weight is 226 g/mol. The molecule has 1 amide bonds. The fraction of sp³-hybridized carbons (Fsp3) is 0.500. The van der Waals surface area contributed by atoms with Crippen LogP contribution in [0.15, 0.2) is 12.4 Å². The number of halogens is 1. The first-order valence-corrected chi connectivity index (χ1v) is 5.31. The van der Waals surface area contributed by atoms with Crippen molar-refractivity contribution >= 4 is 17.5 Å². The van der Waals surface area contributed by atoms with Crippen molar-refractivity contribution < 1.29 is 4.79 Å². The smallest absolute Gasteiger partial charge is 0.271 e. The van der Waals surface area contributed by atoms with Crippen LogP contribution in [-0.4, -0.2) is 21.9 Å². The first-order valence-electron chi connectivity index (χ1n) is 4.93. The molecule has 1 aliphatic rings. The molecular weight excluding hydrogens is 214 g/mol. The van der Waals surface area contributed by atoms with Crippen LogP contribution in [0.1, 0.15) is 30.3 Å². The van der Waals surface area contributed by atoms with Crippen LogP contribution in [0.3, 0.4) is 0 Å².